The van der Waals surface area contributed by atoms with E-state index < -0.39 is 11.9 Å². The van der Waals surface area contributed by atoms with Crippen molar-refractivity contribution in [2.45, 2.75) is 44.9 Å². The van der Waals surface area contributed by atoms with Crippen molar-refractivity contribution >= 4 is 23.5 Å². The maximum atomic E-state index is 12.5. The zero-order valence-electron chi connectivity index (χ0n) is 21.6. The summed E-state index contributed by atoms with van der Waals surface area (Å²) in [7, 11) is 0. The van der Waals surface area contributed by atoms with Crippen molar-refractivity contribution in [1.29, 1.82) is 0 Å². The number of ether oxygens (including phenoxy) is 2. The molecule has 1 amide bonds. The summed E-state index contributed by atoms with van der Waals surface area (Å²) >= 11 is 6.34. The number of carboxylic acids is 1. The van der Waals surface area contributed by atoms with Crippen LogP contribution in [0, 0.1) is 0 Å². The maximum Gasteiger partial charge on any atom is 1.00 e. The molecule has 0 bridgehead atoms. The molecule has 4 rings (SSSR count). The van der Waals surface area contributed by atoms with E-state index in [-0.39, 0.29) is 52.5 Å². The molecule has 1 N–H and O–H groups in total. The second-order valence-corrected chi connectivity index (χ2v) is 10.3. The number of nitrogens with one attached hydrogen (secondary N) is 1. The van der Waals surface area contributed by atoms with Crippen LogP contribution < -0.4 is 49.5 Å². The Balaban J connectivity index is 0.00000380. The summed E-state index contributed by atoms with van der Waals surface area (Å²) in [4.78, 5) is 23.9. The SMILES string of the molecule is CC(C)(C)c1ccc(CCNC(=O)c2ccc(Oc3cc4c(cc3Cl)C(C(=O)[O-])CCO4)cc2)cc1.[Na+]. The standard InChI is InChI=1S/C29H30ClNO5.Na/c1-29(2,3)20-8-4-18(5-9-20)12-14-31-27(32)19-6-10-21(11-7-19)36-26-17-25-23(16-24(26)30)22(28(33)34)13-15-35-25;/h4-11,16-17,22H,12-15H2,1-3H3,(H,31,32)(H,33,34);/q;+1/p-1. The van der Waals surface area contributed by atoms with Crippen LogP contribution in [0.5, 0.6) is 17.2 Å². The third-order valence-electron chi connectivity index (χ3n) is 6.25. The second kappa shape index (κ2) is 12.4. The average Bonchev–Trinajstić information content (AvgIpc) is 2.84. The monoisotopic (exact) mass is 529 g/mol. The Kier molecular flexibility index (Phi) is 9.70. The van der Waals surface area contributed by atoms with Gasteiger partial charge in [0.15, 0.2) is 0 Å². The molecular formula is C29H29ClNNaO5. The Morgan fingerprint density at radius 3 is 2.38 bits per heavy atom. The molecule has 37 heavy (non-hydrogen) atoms. The first kappa shape index (κ1) is 29.1. The van der Waals surface area contributed by atoms with Crippen LogP contribution >= 0.6 is 11.6 Å². The normalized spacial score (nSPS) is 14.5. The molecule has 0 aromatic heterocycles. The van der Waals surface area contributed by atoms with E-state index in [1.807, 2.05) is 0 Å². The Morgan fingerprint density at radius 2 is 1.76 bits per heavy atom. The molecule has 0 saturated heterocycles. The van der Waals surface area contributed by atoms with Crippen LogP contribution in [0.3, 0.4) is 0 Å². The predicted molar refractivity (Wildman–Crippen MR) is 137 cm³/mol. The minimum atomic E-state index is -1.16. The number of aliphatic carboxylic acids is 1. The molecule has 0 fully saturated rings. The molecule has 6 nitrogen and oxygen atoms in total. The second-order valence-electron chi connectivity index (χ2n) is 9.91. The van der Waals surface area contributed by atoms with Crippen molar-refractivity contribution in [3.05, 3.63) is 87.9 Å². The molecule has 8 heteroatoms. The average molecular weight is 530 g/mol. The van der Waals surface area contributed by atoms with Gasteiger partial charge in [-0.15, -0.1) is 0 Å². The summed E-state index contributed by atoms with van der Waals surface area (Å²) < 4.78 is 11.5. The fraction of sp³-hybridized carbons (Fsp3) is 0.310. The fourth-order valence-corrected chi connectivity index (χ4v) is 4.32. The van der Waals surface area contributed by atoms with Crippen LogP contribution in [0.1, 0.15) is 60.2 Å². The van der Waals surface area contributed by atoms with E-state index in [9.17, 15) is 14.7 Å². The van der Waals surface area contributed by atoms with Gasteiger partial charge in [-0.2, -0.15) is 0 Å². The van der Waals surface area contributed by atoms with E-state index in [0.29, 0.717) is 41.3 Å². The molecule has 188 valence electrons. The Morgan fingerprint density at radius 1 is 1.08 bits per heavy atom. The van der Waals surface area contributed by atoms with E-state index in [1.165, 1.54) is 11.1 Å². The Hall–Kier alpha value is -2.51. The van der Waals surface area contributed by atoms with E-state index in [0.717, 1.165) is 6.42 Å². The van der Waals surface area contributed by atoms with Gasteiger partial charge in [-0.05, 0) is 59.7 Å². The predicted octanol–water partition coefficient (Wildman–Crippen LogP) is 2.02. The molecule has 1 aliphatic rings. The van der Waals surface area contributed by atoms with Gasteiger partial charge in [0.25, 0.3) is 5.91 Å². The summed E-state index contributed by atoms with van der Waals surface area (Å²) in [5.74, 6) is -0.846. The van der Waals surface area contributed by atoms with E-state index in [4.69, 9.17) is 21.1 Å². The molecule has 0 radical (unpaired) electrons. The third kappa shape index (κ3) is 7.29. The number of benzene rings is 3. The molecular weight excluding hydrogens is 501 g/mol. The molecule has 0 spiro atoms. The van der Waals surface area contributed by atoms with Gasteiger partial charge in [0.1, 0.15) is 17.2 Å². The van der Waals surface area contributed by atoms with Gasteiger partial charge in [-0.25, -0.2) is 0 Å². The molecule has 1 aliphatic heterocycles. The van der Waals surface area contributed by atoms with Crippen molar-refractivity contribution in [1.82, 2.24) is 5.32 Å². The van der Waals surface area contributed by atoms with Gasteiger partial charge in [0, 0.05) is 35.6 Å². The van der Waals surface area contributed by atoms with Crippen LogP contribution in [0.4, 0.5) is 0 Å². The smallest absolute Gasteiger partial charge is 0.549 e. The number of hydrogen-bond donors (Lipinski definition) is 1. The zero-order valence-corrected chi connectivity index (χ0v) is 24.4. The van der Waals surface area contributed by atoms with E-state index in [2.05, 4.69) is 50.4 Å². The van der Waals surface area contributed by atoms with Crippen molar-refractivity contribution in [2.75, 3.05) is 13.2 Å². The summed E-state index contributed by atoms with van der Waals surface area (Å²) in [5.41, 5.74) is 3.56. The number of carbonyl (C=O) groups is 2. The van der Waals surface area contributed by atoms with Crippen molar-refractivity contribution in [3.8, 4) is 17.2 Å². The van der Waals surface area contributed by atoms with Crippen LogP contribution in [0.25, 0.3) is 0 Å². The fourth-order valence-electron chi connectivity index (χ4n) is 4.11. The third-order valence-corrected chi connectivity index (χ3v) is 6.55. The molecule has 0 saturated carbocycles. The van der Waals surface area contributed by atoms with Gasteiger partial charge in [0.05, 0.1) is 11.6 Å². The summed E-state index contributed by atoms with van der Waals surface area (Å²) in [6, 6.07) is 18.3. The molecule has 3 aromatic carbocycles. The van der Waals surface area contributed by atoms with Gasteiger partial charge < -0.3 is 24.7 Å². The van der Waals surface area contributed by atoms with Crippen molar-refractivity contribution in [3.63, 3.8) is 0 Å². The quantitative estimate of drug-likeness (QED) is 0.473. The zero-order chi connectivity index (χ0) is 25.9. The number of carbonyl (C=O) groups excluding carboxylic acids is 2. The van der Waals surface area contributed by atoms with Gasteiger partial charge in [-0.3, -0.25) is 4.79 Å². The van der Waals surface area contributed by atoms with E-state index >= 15 is 0 Å². The number of rotatable bonds is 7. The van der Waals surface area contributed by atoms with Crippen LogP contribution in [-0.2, 0) is 16.6 Å². The largest absolute Gasteiger partial charge is 1.00 e. The van der Waals surface area contributed by atoms with Gasteiger partial charge in [-0.1, -0.05) is 56.6 Å². The molecule has 1 heterocycles. The number of hydrogen-bond acceptors (Lipinski definition) is 5. The number of carboxylic acid groups (broad SMARTS) is 1. The van der Waals surface area contributed by atoms with Crippen LogP contribution in [0.2, 0.25) is 5.02 Å². The summed E-state index contributed by atoms with van der Waals surface area (Å²) in [6.07, 6.45) is 1.08. The maximum absolute atomic E-state index is 12.5. The van der Waals surface area contributed by atoms with Crippen molar-refractivity contribution < 1.29 is 53.7 Å². The first-order valence-corrected chi connectivity index (χ1v) is 12.3. The molecule has 0 aliphatic carbocycles. The molecule has 1 atom stereocenters. The summed E-state index contributed by atoms with van der Waals surface area (Å²) in [5, 5.41) is 14.6. The summed E-state index contributed by atoms with van der Waals surface area (Å²) in [6.45, 7) is 7.36. The molecule has 1 unspecified atom stereocenters. The number of amides is 1. The topological polar surface area (TPSA) is 87.7 Å². The van der Waals surface area contributed by atoms with Crippen molar-refractivity contribution in [2.24, 2.45) is 0 Å². The Bertz CT molecular complexity index is 1250. The number of halogens is 1. The van der Waals surface area contributed by atoms with Crippen LogP contribution in [0.15, 0.2) is 60.7 Å². The Labute approximate surface area is 244 Å². The first-order valence-electron chi connectivity index (χ1n) is 11.9. The van der Waals surface area contributed by atoms with Gasteiger partial charge >= 0.3 is 29.6 Å². The molecule has 3 aromatic rings. The van der Waals surface area contributed by atoms with Crippen LogP contribution in [-0.4, -0.2) is 25.0 Å². The minimum absolute atomic E-state index is 0. The minimum Gasteiger partial charge on any atom is -0.549 e. The van der Waals surface area contributed by atoms with Gasteiger partial charge in [0.2, 0.25) is 0 Å². The number of fused-ring (bicyclic) bond motifs is 1. The first-order chi connectivity index (χ1) is 17.1. The van der Waals surface area contributed by atoms with E-state index in [1.54, 1.807) is 36.4 Å².